The molecule has 2 aromatic carbocycles. The maximum absolute atomic E-state index is 12.5. The molecule has 0 bridgehead atoms. The molecule has 0 saturated heterocycles. The second-order valence-electron chi connectivity index (χ2n) is 6.03. The highest BCUT2D eigenvalue weighted by atomic mass is 32.2. The van der Waals surface area contributed by atoms with Crippen LogP contribution < -0.4 is 20.0 Å². The zero-order valence-electron chi connectivity index (χ0n) is 14.8. The molecule has 0 atom stereocenters. The van der Waals surface area contributed by atoms with Gasteiger partial charge in [-0.15, -0.1) is 11.3 Å². The topological polar surface area (TPSA) is 88.0 Å². The highest BCUT2D eigenvalue weighted by Crippen LogP contribution is 2.35. The van der Waals surface area contributed by atoms with Crippen molar-refractivity contribution in [2.24, 2.45) is 4.99 Å². The fraction of sp³-hybridized carbons (Fsp3) is 0.0500. The SMILES string of the molecule is COc1ccc(S(=O)(=O)Nc2cc(O)c(/C=C3\C=c4ccccc4=N3)s2)cc1. The van der Waals surface area contributed by atoms with E-state index in [4.69, 9.17) is 4.74 Å². The molecule has 0 radical (unpaired) electrons. The molecule has 4 rings (SSSR count). The predicted molar refractivity (Wildman–Crippen MR) is 109 cm³/mol. The number of benzene rings is 2. The maximum atomic E-state index is 12.5. The number of hydrogen-bond acceptors (Lipinski definition) is 6. The van der Waals surface area contributed by atoms with Crippen LogP contribution in [0.1, 0.15) is 4.88 Å². The molecule has 28 heavy (non-hydrogen) atoms. The Bertz CT molecular complexity index is 1250. The van der Waals surface area contributed by atoms with E-state index in [0.717, 1.165) is 21.9 Å². The Morgan fingerprint density at radius 1 is 1.14 bits per heavy atom. The lowest BCUT2D eigenvalue weighted by Gasteiger charge is -2.06. The second-order valence-corrected chi connectivity index (χ2v) is 8.79. The molecular weight excluding hydrogens is 396 g/mol. The number of allylic oxidation sites excluding steroid dienone is 1. The Kier molecular flexibility index (Phi) is 4.66. The molecule has 0 saturated carbocycles. The van der Waals surface area contributed by atoms with Crippen LogP contribution in [0.15, 0.2) is 70.2 Å². The fourth-order valence-electron chi connectivity index (χ4n) is 2.75. The van der Waals surface area contributed by atoms with Crippen molar-refractivity contribution in [3.8, 4) is 11.5 Å². The van der Waals surface area contributed by atoms with E-state index in [-0.39, 0.29) is 10.6 Å². The summed E-state index contributed by atoms with van der Waals surface area (Å²) in [6, 6.07) is 15.2. The molecule has 8 heteroatoms. The Labute approximate surface area is 165 Å². The maximum Gasteiger partial charge on any atom is 0.262 e. The number of fused-ring (bicyclic) bond motifs is 1. The number of para-hydroxylation sites is 1. The van der Waals surface area contributed by atoms with E-state index in [1.165, 1.54) is 25.3 Å². The van der Waals surface area contributed by atoms with E-state index in [2.05, 4.69) is 9.71 Å². The second kappa shape index (κ2) is 7.14. The Morgan fingerprint density at radius 2 is 1.89 bits per heavy atom. The van der Waals surface area contributed by atoms with Gasteiger partial charge in [-0.25, -0.2) is 13.4 Å². The highest BCUT2D eigenvalue weighted by Gasteiger charge is 2.17. The molecule has 2 N–H and O–H groups in total. The minimum atomic E-state index is -3.77. The Hall–Kier alpha value is -3.10. The minimum absolute atomic E-state index is 0.00973. The van der Waals surface area contributed by atoms with Gasteiger partial charge in [0.25, 0.3) is 10.0 Å². The van der Waals surface area contributed by atoms with Gasteiger partial charge >= 0.3 is 0 Å². The summed E-state index contributed by atoms with van der Waals surface area (Å²) in [5.74, 6) is 0.559. The van der Waals surface area contributed by atoms with E-state index < -0.39 is 10.0 Å². The largest absolute Gasteiger partial charge is 0.506 e. The number of thiophene rings is 1. The van der Waals surface area contributed by atoms with Crippen LogP contribution >= 0.6 is 11.3 Å². The number of ether oxygens (including phenoxy) is 1. The Morgan fingerprint density at radius 3 is 2.61 bits per heavy atom. The summed E-state index contributed by atoms with van der Waals surface area (Å²) in [7, 11) is -2.26. The van der Waals surface area contributed by atoms with Crippen molar-refractivity contribution in [2.45, 2.75) is 4.90 Å². The number of nitrogens with zero attached hydrogens (tertiary/aromatic N) is 1. The molecule has 142 valence electrons. The lowest BCUT2D eigenvalue weighted by Crippen LogP contribution is -2.19. The van der Waals surface area contributed by atoms with E-state index >= 15 is 0 Å². The zero-order valence-corrected chi connectivity index (χ0v) is 16.4. The monoisotopic (exact) mass is 412 g/mol. The molecule has 0 aliphatic carbocycles. The van der Waals surface area contributed by atoms with Crippen LogP contribution in [0, 0.1) is 0 Å². The third kappa shape index (κ3) is 3.64. The van der Waals surface area contributed by atoms with Gasteiger partial charge in [-0.2, -0.15) is 0 Å². The van der Waals surface area contributed by atoms with Crippen molar-refractivity contribution >= 4 is 38.5 Å². The van der Waals surface area contributed by atoms with E-state index in [1.54, 1.807) is 18.2 Å². The van der Waals surface area contributed by atoms with Crippen LogP contribution in [0.5, 0.6) is 11.5 Å². The van der Waals surface area contributed by atoms with Gasteiger partial charge in [-0.3, -0.25) is 4.72 Å². The molecule has 6 nitrogen and oxygen atoms in total. The molecule has 0 unspecified atom stereocenters. The van der Waals surface area contributed by atoms with Crippen LogP contribution in [0.4, 0.5) is 5.00 Å². The van der Waals surface area contributed by atoms with Crippen molar-refractivity contribution in [3.63, 3.8) is 0 Å². The van der Waals surface area contributed by atoms with E-state index in [1.807, 2.05) is 30.3 Å². The van der Waals surface area contributed by atoms with Crippen LogP contribution in [-0.2, 0) is 10.0 Å². The third-order valence-electron chi connectivity index (χ3n) is 4.11. The predicted octanol–water partition coefficient (Wildman–Crippen LogP) is 2.72. The number of aromatic hydroxyl groups is 1. The van der Waals surface area contributed by atoms with Crippen LogP contribution in [0.3, 0.4) is 0 Å². The standard InChI is InChI=1S/C20H16N2O4S2/c1-26-15-6-8-16(9-7-15)28(24,25)22-20-12-18(23)19(27-20)11-14-10-13-4-2-3-5-17(13)21-14/h2-12,22-23H,1H3/b14-11+. The summed E-state index contributed by atoms with van der Waals surface area (Å²) < 4.78 is 32.6. The number of methoxy groups -OCH3 is 1. The molecule has 0 amide bonds. The van der Waals surface area contributed by atoms with Crippen molar-refractivity contribution < 1.29 is 18.3 Å². The summed E-state index contributed by atoms with van der Waals surface area (Å²) in [6.07, 6.45) is 3.64. The molecule has 0 spiro atoms. The average Bonchev–Trinajstić information content (AvgIpc) is 3.24. The quantitative estimate of drug-likeness (QED) is 0.675. The first-order chi connectivity index (χ1) is 13.4. The van der Waals surface area contributed by atoms with Gasteiger partial charge in [0.2, 0.25) is 0 Å². The molecule has 1 aromatic heterocycles. The van der Waals surface area contributed by atoms with Gasteiger partial charge in [0.15, 0.2) is 0 Å². The van der Waals surface area contributed by atoms with Gasteiger partial charge in [-0.1, -0.05) is 18.2 Å². The molecule has 0 fully saturated rings. The van der Waals surface area contributed by atoms with Crippen molar-refractivity contribution in [1.82, 2.24) is 0 Å². The smallest absolute Gasteiger partial charge is 0.262 e. The molecule has 3 aromatic rings. The Balaban J connectivity index is 1.59. The van der Waals surface area contributed by atoms with Crippen molar-refractivity contribution in [1.29, 1.82) is 0 Å². The highest BCUT2D eigenvalue weighted by molar-refractivity contribution is 7.93. The number of anilines is 1. The number of nitrogens with one attached hydrogen (secondary N) is 1. The first-order valence-corrected chi connectivity index (χ1v) is 10.6. The van der Waals surface area contributed by atoms with E-state index in [0.29, 0.717) is 21.3 Å². The van der Waals surface area contributed by atoms with Gasteiger partial charge in [0.05, 0.1) is 27.9 Å². The summed E-state index contributed by atoms with van der Waals surface area (Å²) in [5, 5.41) is 12.4. The van der Waals surface area contributed by atoms with Crippen molar-refractivity contribution in [3.05, 3.63) is 75.7 Å². The summed E-state index contributed by atoms with van der Waals surface area (Å²) in [5.41, 5.74) is 0.697. The van der Waals surface area contributed by atoms with Crippen LogP contribution in [0.25, 0.3) is 12.2 Å². The van der Waals surface area contributed by atoms with Gasteiger partial charge < -0.3 is 9.84 Å². The average molecular weight is 412 g/mol. The van der Waals surface area contributed by atoms with Crippen LogP contribution in [0.2, 0.25) is 0 Å². The first kappa shape index (κ1) is 18.3. The number of hydrogen-bond donors (Lipinski definition) is 2. The number of rotatable bonds is 5. The van der Waals surface area contributed by atoms with E-state index in [9.17, 15) is 13.5 Å². The van der Waals surface area contributed by atoms with Gasteiger partial charge in [0.1, 0.15) is 16.5 Å². The zero-order chi connectivity index (χ0) is 19.7. The molecule has 1 aliphatic heterocycles. The number of sulfonamides is 1. The van der Waals surface area contributed by atoms with Gasteiger partial charge in [-0.05, 0) is 42.5 Å². The minimum Gasteiger partial charge on any atom is -0.506 e. The molecule has 2 heterocycles. The fourth-order valence-corrected chi connectivity index (χ4v) is 4.93. The summed E-state index contributed by atoms with van der Waals surface area (Å²) in [6.45, 7) is 0. The van der Waals surface area contributed by atoms with Crippen LogP contribution in [-0.4, -0.2) is 20.6 Å². The summed E-state index contributed by atoms with van der Waals surface area (Å²) in [4.78, 5) is 5.12. The molecule has 1 aliphatic rings. The molecular formula is C20H16N2O4S2. The van der Waals surface area contributed by atoms with Gasteiger partial charge in [0, 0.05) is 11.3 Å². The summed E-state index contributed by atoms with van der Waals surface area (Å²) >= 11 is 1.13. The lowest BCUT2D eigenvalue weighted by molar-refractivity contribution is 0.414. The van der Waals surface area contributed by atoms with Crippen molar-refractivity contribution in [2.75, 3.05) is 11.8 Å². The first-order valence-electron chi connectivity index (χ1n) is 8.31. The third-order valence-corrected chi connectivity index (χ3v) is 6.61. The lowest BCUT2D eigenvalue weighted by atomic mass is 10.2. The normalized spacial score (nSPS) is 14.2.